The number of nitrogens with two attached hydrogens (primary N) is 1. The third-order valence-corrected chi connectivity index (χ3v) is 14.8. The lowest BCUT2D eigenvalue weighted by Gasteiger charge is -2.28. The minimum Gasteiger partial charge on any atom is -0.465 e. The second-order valence-corrected chi connectivity index (χ2v) is 17.5. The number of hydrogen-bond donors (Lipinski definition) is 3. The Morgan fingerprint density at radius 2 is 1.41 bits per heavy atom. The Hall–Kier alpha value is -4.58. The molecule has 14 heteroatoms. The number of amides is 4. The third-order valence-electron chi connectivity index (χ3n) is 9.02. The first-order chi connectivity index (χ1) is 26.1. The number of thioether (sulfide) groups is 1. The van der Waals surface area contributed by atoms with Crippen molar-refractivity contribution in [2.24, 2.45) is 5.73 Å². The Labute approximate surface area is 321 Å². The van der Waals surface area contributed by atoms with Gasteiger partial charge in [0.05, 0.1) is 24.6 Å². The molecule has 0 aromatic heterocycles. The van der Waals surface area contributed by atoms with Crippen molar-refractivity contribution >= 4 is 70.5 Å². The van der Waals surface area contributed by atoms with Gasteiger partial charge < -0.3 is 25.8 Å². The van der Waals surface area contributed by atoms with E-state index in [4.69, 9.17) is 15.2 Å². The van der Waals surface area contributed by atoms with Gasteiger partial charge in [-0.2, -0.15) is 0 Å². The van der Waals surface area contributed by atoms with Crippen LogP contribution in [0.25, 0.3) is 0 Å². The molecule has 4 rings (SSSR count). The van der Waals surface area contributed by atoms with E-state index in [0.29, 0.717) is 6.42 Å². The number of carbonyl (C=O) groups excluding carboxylic acids is 6. The topological polar surface area (TPSA) is 174 Å². The van der Waals surface area contributed by atoms with Crippen molar-refractivity contribution in [1.29, 1.82) is 0 Å². The summed E-state index contributed by atoms with van der Waals surface area (Å²) < 4.78 is 9.76. The van der Waals surface area contributed by atoms with Crippen LogP contribution in [-0.4, -0.2) is 96.0 Å². The van der Waals surface area contributed by atoms with E-state index in [1.54, 1.807) is 13.8 Å². The van der Waals surface area contributed by atoms with Crippen LogP contribution in [-0.2, 0) is 38.2 Å². The highest BCUT2D eigenvalue weighted by molar-refractivity contribution is 8.00. The van der Waals surface area contributed by atoms with E-state index in [9.17, 15) is 28.8 Å². The average Bonchev–Trinajstić information content (AvgIpc) is 3.46. The highest BCUT2D eigenvalue weighted by Gasteiger charge is 2.45. The highest BCUT2D eigenvalue weighted by Crippen LogP contribution is 2.55. The molecule has 4 N–H and O–H groups in total. The maximum absolute atomic E-state index is 13.5. The van der Waals surface area contributed by atoms with Gasteiger partial charge in [0, 0.05) is 25.1 Å². The second kappa shape index (κ2) is 21.3. The molecule has 1 fully saturated rings. The van der Waals surface area contributed by atoms with E-state index in [1.165, 1.54) is 20.8 Å². The van der Waals surface area contributed by atoms with E-state index >= 15 is 0 Å². The molecule has 0 spiro atoms. The molecular weight excluding hydrogens is 728 g/mol. The number of ether oxygens (including phenoxy) is 2. The third kappa shape index (κ3) is 11.5. The first-order valence-electron chi connectivity index (χ1n) is 18.3. The Balaban J connectivity index is 1.39. The lowest BCUT2D eigenvalue weighted by Crippen LogP contribution is -2.50. The smallest absolute Gasteiger partial charge is 0.325 e. The van der Waals surface area contributed by atoms with Crippen LogP contribution in [0.2, 0.25) is 0 Å². The number of imide groups is 1. The molecule has 3 aromatic rings. The first kappa shape index (κ1) is 42.2. The molecule has 3 aromatic carbocycles. The molecular formula is C40H50N4O8PS+. The minimum atomic E-state index is -2.06. The molecule has 4 amide bonds. The van der Waals surface area contributed by atoms with Crippen LogP contribution in [0.4, 0.5) is 0 Å². The molecule has 1 aliphatic rings. The van der Waals surface area contributed by atoms with Crippen LogP contribution < -0.4 is 32.3 Å². The molecule has 3 unspecified atom stereocenters. The van der Waals surface area contributed by atoms with Crippen LogP contribution >= 0.6 is 19.0 Å². The number of unbranched alkanes of at least 4 members (excludes halogenated alkanes) is 1. The number of likely N-dealkylation sites (tertiary alicyclic amines) is 1. The van der Waals surface area contributed by atoms with E-state index < -0.39 is 54.9 Å². The number of benzene rings is 3. The van der Waals surface area contributed by atoms with Gasteiger partial charge in [-0.1, -0.05) is 54.6 Å². The zero-order valence-corrected chi connectivity index (χ0v) is 32.5. The molecule has 0 radical (unpaired) electrons. The molecule has 1 saturated heterocycles. The van der Waals surface area contributed by atoms with Gasteiger partial charge in [0.25, 0.3) is 0 Å². The van der Waals surface area contributed by atoms with Crippen molar-refractivity contribution in [3.05, 3.63) is 91.0 Å². The van der Waals surface area contributed by atoms with Gasteiger partial charge in [0.1, 0.15) is 41.8 Å². The SMILES string of the molecule is CCOC(=O)CNC(=O)C(CSC1CC(=O)N(CCCC[P+](c2ccccc2)(c2ccccc2)c2ccccc2)C1=O)NC(=O)CCC(N)C(=O)OCC. The number of nitrogens with zero attached hydrogens (tertiary/aromatic N) is 1. The predicted molar refractivity (Wildman–Crippen MR) is 212 cm³/mol. The fourth-order valence-electron chi connectivity index (χ4n) is 6.33. The maximum Gasteiger partial charge on any atom is 0.325 e. The molecule has 0 bridgehead atoms. The molecule has 0 saturated carbocycles. The van der Waals surface area contributed by atoms with E-state index in [1.807, 2.05) is 18.2 Å². The normalized spacial score (nSPS) is 15.3. The summed E-state index contributed by atoms with van der Waals surface area (Å²) in [6, 6.07) is 29.4. The Morgan fingerprint density at radius 1 is 0.852 bits per heavy atom. The summed E-state index contributed by atoms with van der Waals surface area (Å²) in [6.45, 7) is 3.43. The molecule has 3 atom stereocenters. The summed E-state index contributed by atoms with van der Waals surface area (Å²) in [4.78, 5) is 77.6. The Kier molecular flexibility index (Phi) is 16.7. The summed E-state index contributed by atoms with van der Waals surface area (Å²) in [5, 5.41) is 8.13. The quantitative estimate of drug-likeness (QED) is 0.0631. The lowest BCUT2D eigenvalue weighted by atomic mass is 10.1. The van der Waals surface area contributed by atoms with Crippen LogP contribution in [0.3, 0.4) is 0 Å². The van der Waals surface area contributed by atoms with E-state index in [-0.39, 0.29) is 56.6 Å². The van der Waals surface area contributed by atoms with Crippen LogP contribution in [0.5, 0.6) is 0 Å². The van der Waals surface area contributed by atoms with Crippen molar-refractivity contribution in [2.45, 2.75) is 63.3 Å². The summed E-state index contributed by atoms with van der Waals surface area (Å²) in [5.74, 6) is -3.16. The maximum atomic E-state index is 13.5. The van der Waals surface area contributed by atoms with Gasteiger partial charge in [-0.3, -0.25) is 33.7 Å². The average molecular weight is 778 g/mol. The van der Waals surface area contributed by atoms with Crippen LogP contribution in [0, 0.1) is 0 Å². The fraction of sp³-hybridized carbons (Fsp3) is 0.400. The number of esters is 2. The van der Waals surface area contributed by atoms with Gasteiger partial charge in [-0.15, -0.1) is 11.8 Å². The van der Waals surface area contributed by atoms with Crippen molar-refractivity contribution in [3.63, 3.8) is 0 Å². The standard InChI is InChI=1S/C40H49N4O8PS/c1-3-51-37(47)27-42-38(48)33(43-35(45)23-22-32(41)40(50)52-4-2)28-54-34-26-36(46)44(39(34)49)24-14-15-25-53(29-16-8-5-9-17-29,30-18-10-6-11-19-30)31-20-12-7-13-21-31/h5-13,16-21,32-34H,3-4,14-15,22-28,41H2,1-2H3,(H-,42,43,45,48)/p+1. The fourth-order valence-corrected chi connectivity index (χ4v) is 11.9. The van der Waals surface area contributed by atoms with Gasteiger partial charge in [-0.25, -0.2) is 0 Å². The molecule has 0 aliphatic carbocycles. The predicted octanol–water partition coefficient (Wildman–Crippen LogP) is 2.46. The second-order valence-electron chi connectivity index (χ2n) is 12.7. The molecule has 288 valence electrons. The molecule has 12 nitrogen and oxygen atoms in total. The number of rotatable bonds is 21. The lowest BCUT2D eigenvalue weighted by molar-refractivity contribution is -0.145. The molecule has 1 heterocycles. The van der Waals surface area contributed by atoms with Gasteiger partial charge in [0.15, 0.2) is 0 Å². The zero-order valence-electron chi connectivity index (χ0n) is 30.8. The first-order valence-corrected chi connectivity index (χ1v) is 21.3. The summed E-state index contributed by atoms with van der Waals surface area (Å²) in [6.07, 6.45) is 2.04. The van der Waals surface area contributed by atoms with Crippen molar-refractivity contribution < 1.29 is 38.2 Å². The van der Waals surface area contributed by atoms with Gasteiger partial charge in [-0.05, 0) is 69.5 Å². The highest BCUT2D eigenvalue weighted by atomic mass is 32.2. The summed E-state index contributed by atoms with van der Waals surface area (Å²) in [5.41, 5.74) is 5.82. The van der Waals surface area contributed by atoms with Crippen LogP contribution in [0.1, 0.15) is 46.0 Å². The zero-order chi connectivity index (χ0) is 38.9. The molecule has 1 aliphatic heterocycles. The van der Waals surface area contributed by atoms with Crippen LogP contribution in [0.15, 0.2) is 91.0 Å². The monoisotopic (exact) mass is 777 g/mol. The van der Waals surface area contributed by atoms with Crippen molar-refractivity contribution in [1.82, 2.24) is 15.5 Å². The van der Waals surface area contributed by atoms with Crippen molar-refractivity contribution in [2.75, 3.05) is 38.2 Å². The summed E-state index contributed by atoms with van der Waals surface area (Å²) in [7, 11) is -2.06. The minimum absolute atomic E-state index is 0.00922. The number of carbonyl (C=O) groups is 6. The largest absolute Gasteiger partial charge is 0.465 e. The van der Waals surface area contributed by atoms with Gasteiger partial charge in [0.2, 0.25) is 23.6 Å². The number of nitrogens with one attached hydrogen (secondary N) is 2. The molecule has 54 heavy (non-hydrogen) atoms. The van der Waals surface area contributed by atoms with Gasteiger partial charge >= 0.3 is 11.9 Å². The van der Waals surface area contributed by atoms with E-state index in [0.717, 1.165) is 24.3 Å². The number of hydrogen-bond acceptors (Lipinski definition) is 10. The Morgan fingerprint density at radius 3 is 1.94 bits per heavy atom. The van der Waals surface area contributed by atoms with Crippen molar-refractivity contribution in [3.8, 4) is 0 Å². The van der Waals surface area contributed by atoms with E-state index in [2.05, 4.69) is 83.4 Å². The summed E-state index contributed by atoms with van der Waals surface area (Å²) >= 11 is 1.10. The Bertz CT molecular complexity index is 1620.